The molecule has 1 fully saturated rings. The Morgan fingerprint density at radius 2 is 1.87 bits per heavy atom. The van der Waals surface area contributed by atoms with E-state index < -0.39 is 6.36 Å². The number of thiophene rings is 1. The zero-order valence-electron chi connectivity index (χ0n) is 16.6. The van der Waals surface area contributed by atoms with E-state index in [0.717, 1.165) is 53.5 Å². The molecule has 1 aliphatic rings. The minimum atomic E-state index is -4.66. The van der Waals surface area contributed by atoms with Crippen LogP contribution in [0, 0.1) is 6.92 Å². The lowest BCUT2D eigenvalue weighted by molar-refractivity contribution is -0.274. The molecule has 0 bridgehead atoms. The Morgan fingerprint density at radius 3 is 2.57 bits per heavy atom. The topological polar surface area (TPSA) is 50.3 Å². The molecule has 1 aromatic carbocycles. The van der Waals surface area contributed by atoms with Crippen LogP contribution in [0.3, 0.4) is 0 Å². The van der Waals surface area contributed by atoms with Crippen molar-refractivity contribution in [2.24, 2.45) is 0 Å². The van der Waals surface area contributed by atoms with Crippen LogP contribution in [0.25, 0.3) is 10.2 Å². The molecule has 0 radical (unpaired) electrons. The van der Waals surface area contributed by atoms with E-state index in [-0.39, 0.29) is 5.75 Å². The van der Waals surface area contributed by atoms with Gasteiger partial charge in [-0.3, -0.25) is 0 Å². The maximum Gasteiger partial charge on any atom is 0.573 e. The second-order valence-corrected chi connectivity index (χ2v) is 8.60. The lowest BCUT2D eigenvalue weighted by Gasteiger charge is -2.16. The summed E-state index contributed by atoms with van der Waals surface area (Å²) in [6, 6.07) is 8.13. The highest BCUT2D eigenvalue weighted by Gasteiger charge is 2.30. The maximum absolute atomic E-state index is 12.2. The first-order valence-electron chi connectivity index (χ1n) is 9.99. The van der Waals surface area contributed by atoms with Crippen LogP contribution in [0.2, 0.25) is 0 Å². The SMILES string of the molecule is Cc1cc2c(NCCCc3ccc(OC(F)(F)F)cc3)nc(N3CCCC3)nc2s1. The maximum atomic E-state index is 12.2. The molecule has 0 atom stereocenters. The predicted molar refractivity (Wildman–Crippen MR) is 114 cm³/mol. The fraction of sp³-hybridized carbons (Fsp3) is 0.429. The number of alkyl halides is 3. The third-order valence-corrected chi connectivity index (χ3v) is 5.93. The van der Waals surface area contributed by atoms with Crippen LogP contribution in [0.1, 0.15) is 29.7 Å². The predicted octanol–water partition coefficient (Wildman–Crippen LogP) is 5.54. The van der Waals surface area contributed by atoms with Gasteiger partial charge in [0.25, 0.3) is 0 Å². The van der Waals surface area contributed by atoms with Crippen molar-refractivity contribution < 1.29 is 17.9 Å². The van der Waals surface area contributed by atoms with Gasteiger partial charge in [0.15, 0.2) is 0 Å². The zero-order valence-corrected chi connectivity index (χ0v) is 17.4. The van der Waals surface area contributed by atoms with Gasteiger partial charge in [-0.25, -0.2) is 4.98 Å². The monoisotopic (exact) mass is 436 g/mol. The highest BCUT2D eigenvalue weighted by Crippen LogP contribution is 2.31. The van der Waals surface area contributed by atoms with Crippen LogP contribution in [0.4, 0.5) is 24.9 Å². The van der Waals surface area contributed by atoms with E-state index in [2.05, 4.69) is 27.9 Å². The first-order chi connectivity index (χ1) is 14.4. The van der Waals surface area contributed by atoms with Crippen LogP contribution in [-0.2, 0) is 6.42 Å². The van der Waals surface area contributed by atoms with E-state index in [4.69, 9.17) is 9.97 Å². The van der Waals surface area contributed by atoms with E-state index in [9.17, 15) is 13.2 Å². The summed E-state index contributed by atoms with van der Waals surface area (Å²) < 4.78 is 40.7. The number of benzene rings is 1. The van der Waals surface area contributed by atoms with Crippen molar-refractivity contribution >= 4 is 33.3 Å². The molecule has 0 aliphatic carbocycles. The summed E-state index contributed by atoms with van der Waals surface area (Å²) in [5, 5.41) is 4.47. The fourth-order valence-corrected chi connectivity index (χ4v) is 4.46. The molecule has 9 heteroatoms. The molecule has 0 amide bonds. The van der Waals surface area contributed by atoms with Gasteiger partial charge in [0.2, 0.25) is 5.95 Å². The molecule has 3 aromatic rings. The Morgan fingerprint density at radius 1 is 1.13 bits per heavy atom. The van der Waals surface area contributed by atoms with Crippen molar-refractivity contribution in [3.8, 4) is 5.75 Å². The Bertz CT molecular complexity index is 998. The number of aryl methyl sites for hydroxylation is 2. The fourth-order valence-electron chi connectivity index (χ4n) is 3.58. The largest absolute Gasteiger partial charge is 0.573 e. The van der Waals surface area contributed by atoms with Crippen LogP contribution >= 0.6 is 11.3 Å². The summed E-state index contributed by atoms with van der Waals surface area (Å²) in [5.41, 5.74) is 0.961. The molecule has 1 N–H and O–H groups in total. The van der Waals surface area contributed by atoms with Crippen molar-refractivity contribution in [1.29, 1.82) is 0 Å². The minimum absolute atomic E-state index is 0.199. The standard InChI is InChI=1S/C21H23F3N4OS/c1-14-13-17-18(26-20(27-19(17)30-14)28-11-2-3-12-28)25-10-4-5-15-6-8-16(9-7-15)29-21(22,23)24/h6-9,13H,2-5,10-12H2,1H3,(H,25,26,27). The molecule has 2 aromatic heterocycles. The molecule has 4 rings (SSSR count). The van der Waals surface area contributed by atoms with E-state index in [1.807, 2.05) is 0 Å². The van der Waals surface area contributed by atoms with Crippen LogP contribution in [-0.4, -0.2) is 36.0 Å². The zero-order chi connectivity index (χ0) is 21.1. The highest BCUT2D eigenvalue weighted by molar-refractivity contribution is 7.18. The van der Waals surface area contributed by atoms with Crippen molar-refractivity contribution in [3.05, 3.63) is 40.8 Å². The summed E-state index contributed by atoms with van der Waals surface area (Å²) in [7, 11) is 0. The third-order valence-electron chi connectivity index (χ3n) is 4.98. The van der Waals surface area contributed by atoms with Crippen molar-refractivity contribution in [3.63, 3.8) is 0 Å². The first kappa shape index (κ1) is 20.7. The lowest BCUT2D eigenvalue weighted by Crippen LogP contribution is -2.21. The molecule has 5 nitrogen and oxygen atoms in total. The number of nitrogens with zero attached hydrogens (tertiary/aromatic N) is 3. The average Bonchev–Trinajstić information content (AvgIpc) is 3.34. The molecule has 30 heavy (non-hydrogen) atoms. The highest BCUT2D eigenvalue weighted by atomic mass is 32.1. The molecular formula is C21H23F3N4OS. The van der Waals surface area contributed by atoms with Crippen molar-refractivity contribution in [2.45, 2.75) is 39.0 Å². The van der Waals surface area contributed by atoms with Gasteiger partial charge in [-0.1, -0.05) is 12.1 Å². The van der Waals surface area contributed by atoms with Gasteiger partial charge in [-0.15, -0.1) is 24.5 Å². The molecular weight excluding hydrogens is 413 g/mol. The van der Waals surface area contributed by atoms with Gasteiger partial charge in [-0.05, 0) is 56.4 Å². The summed E-state index contributed by atoms with van der Waals surface area (Å²) in [5.74, 6) is 1.43. The van der Waals surface area contributed by atoms with Gasteiger partial charge in [0.05, 0.1) is 5.39 Å². The quantitative estimate of drug-likeness (QED) is 0.493. The summed E-state index contributed by atoms with van der Waals surface area (Å²) in [6.07, 6.45) is -0.759. The van der Waals surface area contributed by atoms with Crippen molar-refractivity contribution in [1.82, 2.24) is 9.97 Å². The van der Waals surface area contributed by atoms with Crippen molar-refractivity contribution in [2.75, 3.05) is 29.9 Å². The molecule has 1 aliphatic heterocycles. The van der Waals surface area contributed by atoms with Crippen LogP contribution < -0.4 is 15.0 Å². The molecule has 0 unspecified atom stereocenters. The molecule has 0 saturated carbocycles. The van der Waals surface area contributed by atoms with E-state index in [1.54, 1.807) is 23.5 Å². The number of halogens is 3. The second-order valence-electron chi connectivity index (χ2n) is 7.36. The Kier molecular flexibility index (Phi) is 5.99. The molecule has 160 valence electrons. The Balaban J connectivity index is 1.37. The molecule has 0 spiro atoms. The lowest BCUT2D eigenvalue weighted by atomic mass is 10.1. The minimum Gasteiger partial charge on any atom is -0.406 e. The average molecular weight is 437 g/mol. The van der Waals surface area contributed by atoms with E-state index in [0.29, 0.717) is 6.54 Å². The molecule has 3 heterocycles. The van der Waals surface area contributed by atoms with Gasteiger partial charge in [0.1, 0.15) is 16.4 Å². The summed E-state index contributed by atoms with van der Waals surface area (Å²) in [4.78, 5) is 13.9. The summed E-state index contributed by atoms with van der Waals surface area (Å²) in [6.45, 7) is 4.76. The van der Waals surface area contributed by atoms with Gasteiger partial charge >= 0.3 is 6.36 Å². The number of anilines is 2. The number of nitrogens with one attached hydrogen (secondary N) is 1. The smallest absolute Gasteiger partial charge is 0.406 e. The van der Waals surface area contributed by atoms with Crippen LogP contribution in [0.5, 0.6) is 5.75 Å². The summed E-state index contributed by atoms with van der Waals surface area (Å²) >= 11 is 1.67. The number of hydrogen-bond donors (Lipinski definition) is 1. The number of fused-ring (bicyclic) bond motifs is 1. The van der Waals surface area contributed by atoms with Gasteiger partial charge < -0.3 is 15.0 Å². The second kappa shape index (κ2) is 8.67. The molecule has 1 saturated heterocycles. The van der Waals surface area contributed by atoms with Crippen LogP contribution in [0.15, 0.2) is 30.3 Å². The van der Waals surface area contributed by atoms with E-state index in [1.165, 1.54) is 29.9 Å². The first-order valence-corrected chi connectivity index (χ1v) is 10.8. The Hall–Kier alpha value is -2.55. The van der Waals surface area contributed by atoms with Gasteiger partial charge in [-0.2, -0.15) is 4.98 Å². The van der Waals surface area contributed by atoms with E-state index >= 15 is 0 Å². The van der Waals surface area contributed by atoms with Gasteiger partial charge in [0, 0.05) is 24.5 Å². The number of rotatable bonds is 7. The third kappa shape index (κ3) is 5.13. The Labute approximate surface area is 176 Å². The normalized spacial score (nSPS) is 14.5. The number of ether oxygens (including phenoxy) is 1. The number of hydrogen-bond acceptors (Lipinski definition) is 6. The number of aromatic nitrogens is 2.